The van der Waals surface area contributed by atoms with E-state index in [9.17, 15) is 0 Å². The molecule has 0 radical (unpaired) electrons. The molecule has 11 aromatic rings. The molecule has 0 saturated heterocycles. The van der Waals surface area contributed by atoms with Crippen LogP contribution in [0.2, 0.25) is 0 Å². The van der Waals surface area contributed by atoms with Crippen LogP contribution in [0.3, 0.4) is 0 Å². The van der Waals surface area contributed by atoms with Gasteiger partial charge >= 0.3 is 0 Å². The summed E-state index contributed by atoms with van der Waals surface area (Å²) in [7, 11) is 0. The average molecular weight is 1410 g/mol. The molecule has 23 rings (SSSR count). The van der Waals surface area contributed by atoms with Gasteiger partial charge in [0.05, 0.1) is 127 Å². The molecule has 0 atom stereocenters. The first-order chi connectivity index (χ1) is 51.9. The summed E-state index contributed by atoms with van der Waals surface area (Å²) in [6, 6.07) is 87.2. The summed E-state index contributed by atoms with van der Waals surface area (Å²) in [5.74, 6) is 0. The number of nitrogens with zero attached hydrogens (tertiary/aromatic N) is 3. The molecule has 0 unspecified atom stereocenters. The van der Waals surface area contributed by atoms with Crippen LogP contribution in [0.25, 0.3) is 0 Å². The van der Waals surface area contributed by atoms with Gasteiger partial charge in [-0.3, -0.25) is 15.0 Å². The normalized spacial score (nSPS) is 16.0. The van der Waals surface area contributed by atoms with Crippen LogP contribution in [0.5, 0.6) is 0 Å². The van der Waals surface area contributed by atoms with Crippen LogP contribution in [0, 0.1) is 0 Å². The van der Waals surface area contributed by atoms with Gasteiger partial charge in [0, 0.05) is 78.5 Å². The number of benzene rings is 8. The summed E-state index contributed by atoms with van der Waals surface area (Å²) in [5.41, 5.74) is 25.4. The maximum Gasteiger partial charge on any atom is 0.0892 e. The third kappa shape index (κ3) is 27.3. The monoisotopic (exact) mass is 1410 g/mol. The fraction of sp³-hybridized carbons (Fsp3) is 0.292. The second-order valence-corrected chi connectivity index (χ2v) is 26.7. The Hall–Kier alpha value is -9.31. The minimum Gasteiger partial charge on any atom is -0.377 e. The van der Waals surface area contributed by atoms with Gasteiger partial charge in [-0.2, -0.15) is 0 Å². The summed E-state index contributed by atoms with van der Waals surface area (Å²) < 4.78 is 40.8. The molecule has 0 spiro atoms. The zero-order valence-electron chi connectivity index (χ0n) is 60.3. The van der Waals surface area contributed by atoms with Crippen LogP contribution < -0.4 is 31.9 Å². The van der Waals surface area contributed by atoms with Crippen molar-refractivity contribution in [3.05, 3.63) is 372 Å². The second kappa shape index (κ2) is 42.6. The SMILES string of the molecule is c1cc2cc(c1)CNCc1ccc(cc1)COCCOCCOCc1ccc(cc1)CNC2.c1cc2cc(c1)CNCc1ccc(cc1)COCc1cccc(n1)COCc1ccc(cc1)CNC2.c1cc2nc(c1)CNCc1ccc(cc1)COCc1cccc(n1)COCc1ccc(cc1)CNC2. The number of hydrogen-bond acceptors (Lipinski definition) is 16. The summed E-state index contributed by atoms with van der Waals surface area (Å²) in [5, 5.41) is 21.2. The molecule has 3 aromatic heterocycles. The predicted octanol–water partition coefficient (Wildman–Crippen LogP) is 14.5. The molecule has 542 valence electrons. The summed E-state index contributed by atoms with van der Waals surface area (Å²) in [4.78, 5) is 14.2. The van der Waals surface area contributed by atoms with E-state index in [2.05, 4.69) is 254 Å². The smallest absolute Gasteiger partial charge is 0.0892 e. The van der Waals surface area contributed by atoms with E-state index >= 15 is 0 Å². The first kappa shape index (κ1) is 75.4. The molecular formula is C89H99N9O7. The largest absolute Gasteiger partial charge is 0.377 e. The van der Waals surface area contributed by atoms with Crippen LogP contribution in [0.15, 0.2) is 249 Å². The molecule has 6 N–H and O–H groups in total. The van der Waals surface area contributed by atoms with Crippen LogP contribution in [-0.2, 0) is 178 Å². The van der Waals surface area contributed by atoms with Crippen molar-refractivity contribution < 1.29 is 33.2 Å². The molecule has 15 heterocycles. The Morgan fingerprint density at radius 3 is 0.619 bits per heavy atom. The minimum atomic E-state index is 0.471. The lowest BCUT2D eigenvalue weighted by atomic mass is 10.1. The maximum atomic E-state index is 5.93. The molecule has 0 fully saturated rings. The van der Waals surface area contributed by atoms with E-state index in [1.807, 2.05) is 36.4 Å². The lowest BCUT2D eigenvalue weighted by Crippen LogP contribution is -2.16. The molecule has 105 heavy (non-hydrogen) atoms. The zero-order valence-corrected chi connectivity index (χ0v) is 60.3. The van der Waals surface area contributed by atoms with Crippen molar-refractivity contribution in [1.82, 2.24) is 46.9 Å². The number of ether oxygens (including phenoxy) is 7. The zero-order chi connectivity index (χ0) is 71.4. The highest BCUT2D eigenvalue weighted by atomic mass is 16.5. The Balaban J connectivity index is 0.000000148. The molecule has 8 aromatic carbocycles. The number of hydrogen-bond donors (Lipinski definition) is 6. The lowest BCUT2D eigenvalue weighted by molar-refractivity contribution is 0.00704. The van der Waals surface area contributed by atoms with Gasteiger partial charge < -0.3 is 65.1 Å². The highest BCUT2D eigenvalue weighted by Crippen LogP contribution is 2.17. The van der Waals surface area contributed by atoms with Crippen molar-refractivity contribution >= 4 is 0 Å². The summed E-state index contributed by atoms with van der Waals surface area (Å²) >= 11 is 0. The standard InChI is InChI=1S/C31H33N3O2.C30H32N4O2.C28H34N2O3/c1-3-28-15-29(4-1)19-33-17-25-9-13-27(14-10-25)21-36-23-31-6-2-5-30(34-31)22-35-20-26-11-7-24(8-12-26)16-32-18-28;1-3-27-17-31-15-23-7-11-25(12-8-23)19-35-21-29-5-2-6-30(34-29)22-36-20-26-13-9-24(10-14-26)16-32-18-28(4-1)33-27;1-2-27-16-28(3-1)20-30-18-24-6-10-26(11-7-24)22-33-15-13-31-12-14-32-21-25-8-4-23(5-9-25)17-29-19-27/h1-15,32-33H,16-23H2;1-14,31-32H,15-22H2;1-11,16,29-30H,12-15,17-22H2. The van der Waals surface area contributed by atoms with E-state index in [0.717, 1.165) is 135 Å². The van der Waals surface area contributed by atoms with E-state index in [1.165, 1.54) is 66.8 Å². The van der Waals surface area contributed by atoms with Gasteiger partial charge in [0.2, 0.25) is 0 Å². The Labute approximate surface area is 619 Å². The molecule has 0 saturated carbocycles. The van der Waals surface area contributed by atoms with E-state index in [-0.39, 0.29) is 0 Å². The first-order valence-corrected chi connectivity index (χ1v) is 36.7. The van der Waals surface area contributed by atoms with Crippen molar-refractivity contribution in [2.45, 2.75) is 145 Å². The second-order valence-electron chi connectivity index (χ2n) is 26.7. The Morgan fingerprint density at radius 1 is 0.162 bits per heavy atom. The number of pyridine rings is 3. The van der Waals surface area contributed by atoms with Gasteiger partial charge in [-0.25, -0.2) is 0 Å². The fourth-order valence-corrected chi connectivity index (χ4v) is 12.2. The first-order valence-electron chi connectivity index (χ1n) is 36.7. The van der Waals surface area contributed by atoms with Crippen molar-refractivity contribution in [3.8, 4) is 0 Å². The van der Waals surface area contributed by atoms with Gasteiger partial charge in [0.1, 0.15) is 0 Å². The minimum absolute atomic E-state index is 0.471. The molecule has 0 amide bonds. The molecule has 0 aliphatic carbocycles. The van der Waals surface area contributed by atoms with Gasteiger partial charge in [-0.05, 0) is 125 Å². The van der Waals surface area contributed by atoms with Crippen molar-refractivity contribution in [1.29, 1.82) is 0 Å². The van der Waals surface area contributed by atoms with Gasteiger partial charge in [0.15, 0.2) is 0 Å². The molecule has 16 nitrogen and oxygen atoms in total. The van der Waals surface area contributed by atoms with E-state index < -0.39 is 0 Å². The highest BCUT2D eigenvalue weighted by Gasteiger charge is 2.09. The molecular weight excluding hydrogens is 1310 g/mol. The Bertz CT molecular complexity index is 3670. The number of nitrogens with one attached hydrogen (secondary N) is 6. The third-order valence-corrected chi connectivity index (χ3v) is 18.0. The predicted molar refractivity (Wildman–Crippen MR) is 412 cm³/mol. The Kier molecular flexibility index (Phi) is 30.6. The topological polar surface area (TPSA) is 175 Å². The van der Waals surface area contributed by atoms with Crippen molar-refractivity contribution in [2.75, 3.05) is 26.4 Å². The third-order valence-electron chi connectivity index (χ3n) is 18.0. The summed E-state index contributed by atoms with van der Waals surface area (Å²) in [6.45, 7) is 17.4. The number of aromatic nitrogens is 3. The lowest BCUT2D eigenvalue weighted by Gasteiger charge is -2.10. The fourth-order valence-electron chi connectivity index (χ4n) is 12.2. The van der Waals surface area contributed by atoms with Gasteiger partial charge in [0.25, 0.3) is 0 Å². The average Bonchev–Trinajstić information content (AvgIpc) is 0.984. The van der Waals surface area contributed by atoms with Crippen LogP contribution in [0.4, 0.5) is 0 Å². The number of rotatable bonds is 0. The van der Waals surface area contributed by atoms with E-state index in [0.29, 0.717) is 92.5 Å². The van der Waals surface area contributed by atoms with Gasteiger partial charge in [-0.1, -0.05) is 212 Å². The van der Waals surface area contributed by atoms with E-state index in [4.69, 9.17) is 38.1 Å². The molecule has 16 heteroatoms. The van der Waals surface area contributed by atoms with Crippen LogP contribution in [-0.4, -0.2) is 41.4 Å². The quantitative estimate of drug-likeness (QED) is 0.0845. The van der Waals surface area contributed by atoms with Crippen LogP contribution in [0.1, 0.15) is 123 Å². The molecule has 12 aliphatic heterocycles. The van der Waals surface area contributed by atoms with E-state index in [1.54, 1.807) is 0 Å². The van der Waals surface area contributed by atoms with Crippen molar-refractivity contribution in [3.63, 3.8) is 0 Å². The summed E-state index contributed by atoms with van der Waals surface area (Å²) in [6.07, 6.45) is 0. The highest BCUT2D eigenvalue weighted by molar-refractivity contribution is 5.30. The van der Waals surface area contributed by atoms with Crippen LogP contribution >= 0.6 is 0 Å². The van der Waals surface area contributed by atoms with Crippen molar-refractivity contribution in [2.24, 2.45) is 0 Å². The molecule has 22 bridgehead atoms. The Morgan fingerprint density at radius 2 is 0.352 bits per heavy atom. The maximum absolute atomic E-state index is 5.93. The molecule has 12 aliphatic rings. The van der Waals surface area contributed by atoms with Gasteiger partial charge in [-0.15, -0.1) is 0 Å².